The van der Waals surface area contributed by atoms with E-state index in [0.29, 0.717) is 12.5 Å². The molecule has 0 unspecified atom stereocenters. The summed E-state index contributed by atoms with van der Waals surface area (Å²) < 4.78 is 11.0. The predicted molar refractivity (Wildman–Crippen MR) is 72.1 cm³/mol. The van der Waals surface area contributed by atoms with Crippen LogP contribution in [-0.2, 0) is 6.61 Å². The number of fused-ring (bicyclic) bond motifs is 1. The summed E-state index contributed by atoms with van der Waals surface area (Å²) in [6.45, 7) is 4.35. The van der Waals surface area contributed by atoms with Gasteiger partial charge in [-0.3, -0.25) is 0 Å². The molecule has 2 heterocycles. The third kappa shape index (κ3) is 2.17. The Hall–Kier alpha value is -2.36. The molecule has 19 heavy (non-hydrogen) atoms. The molecule has 0 N–H and O–H groups in total. The third-order valence-corrected chi connectivity index (χ3v) is 3.11. The predicted octanol–water partition coefficient (Wildman–Crippen LogP) is 3.42. The lowest BCUT2D eigenvalue weighted by Crippen LogP contribution is -2.00. The Morgan fingerprint density at radius 3 is 2.74 bits per heavy atom. The van der Waals surface area contributed by atoms with E-state index in [-0.39, 0.29) is 0 Å². The zero-order valence-corrected chi connectivity index (χ0v) is 10.9. The van der Waals surface area contributed by atoms with Gasteiger partial charge in [0.1, 0.15) is 6.61 Å². The minimum Gasteiger partial charge on any atom is -0.472 e. The molecule has 96 valence electrons. The lowest BCUT2D eigenvalue weighted by molar-refractivity contribution is 0.291. The average molecular weight is 254 g/mol. The van der Waals surface area contributed by atoms with E-state index in [1.54, 1.807) is 6.20 Å². The second kappa shape index (κ2) is 4.72. The maximum Gasteiger partial charge on any atom is 0.220 e. The van der Waals surface area contributed by atoms with Crippen molar-refractivity contribution in [2.24, 2.45) is 0 Å². The van der Waals surface area contributed by atoms with Crippen molar-refractivity contribution >= 4 is 11.0 Å². The molecular formula is C15H14N2O2. The first-order chi connectivity index (χ1) is 9.25. The normalized spacial score (nSPS) is 10.8. The van der Waals surface area contributed by atoms with Crippen LogP contribution >= 0.6 is 0 Å². The third-order valence-electron chi connectivity index (χ3n) is 3.11. The van der Waals surface area contributed by atoms with E-state index >= 15 is 0 Å². The molecule has 0 saturated carbocycles. The van der Waals surface area contributed by atoms with Crippen LogP contribution in [0.3, 0.4) is 0 Å². The first kappa shape index (κ1) is 11.7. The van der Waals surface area contributed by atoms with E-state index in [9.17, 15) is 0 Å². The summed E-state index contributed by atoms with van der Waals surface area (Å²) in [5, 5.41) is 4.75. The van der Waals surface area contributed by atoms with E-state index in [1.165, 1.54) is 0 Å². The Kier molecular flexibility index (Phi) is 2.91. The van der Waals surface area contributed by atoms with Crippen LogP contribution in [0.2, 0.25) is 0 Å². The fourth-order valence-electron chi connectivity index (χ4n) is 2.03. The van der Waals surface area contributed by atoms with Crippen LogP contribution < -0.4 is 4.74 Å². The fourth-order valence-corrected chi connectivity index (χ4v) is 2.03. The van der Waals surface area contributed by atoms with Crippen LogP contribution in [0.15, 0.2) is 41.1 Å². The molecule has 0 aliphatic rings. The highest BCUT2D eigenvalue weighted by molar-refractivity contribution is 5.82. The maximum absolute atomic E-state index is 5.78. The van der Waals surface area contributed by atoms with E-state index < -0.39 is 0 Å². The molecule has 0 radical (unpaired) electrons. The maximum atomic E-state index is 5.78. The topological polar surface area (TPSA) is 48.2 Å². The van der Waals surface area contributed by atoms with Crippen LogP contribution in [0.25, 0.3) is 11.0 Å². The van der Waals surface area contributed by atoms with Crippen molar-refractivity contribution in [3.63, 3.8) is 0 Å². The van der Waals surface area contributed by atoms with Gasteiger partial charge in [0.25, 0.3) is 0 Å². The van der Waals surface area contributed by atoms with Crippen LogP contribution in [0.5, 0.6) is 5.88 Å². The Balaban J connectivity index is 1.91. The molecule has 0 aliphatic carbocycles. The van der Waals surface area contributed by atoms with Crippen molar-refractivity contribution in [3.8, 4) is 5.88 Å². The van der Waals surface area contributed by atoms with Gasteiger partial charge in [-0.05, 0) is 19.4 Å². The van der Waals surface area contributed by atoms with Crippen LogP contribution in [0.1, 0.15) is 16.8 Å². The van der Waals surface area contributed by atoms with Gasteiger partial charge in [-0.25, -0.2) is 4.98 Å². The molecule has 0 spiro atoms. The summed E-state index contributed by atoms with van der Waals surface area (Å²) >= 11 is 0. The number of nitrogens with zero attached hydrogens (tertiary/aromatic N) is 2. The number of aromatic nitrogens is 2. The van der Waals surface area contributed by atoms with Crippen LogP contribution in [0, 0.1) is 13.8 Å². The molecule has 0 fully saturated rings. The molecule has 0 saturated heterocycles. The van der Waals surface area contributed by atoms with E-state index in [1.807, 2.05) is 44.2 Å². The minimum absolute atomic E-state index is 0.494. The largest absolute Gasteiger partial charge is 0.472 e. The minimum atomic E-state index is 0.494. The number of benzene rings is 1. The van der Waals surface area contributed by atoms with Crippen molar-refractivity contribution in [3.05, 3.63) is 53.3 Å². The summed E-state index contributed by atoms with van der Waals surface area (Å²) in [5.74, 6) is 0.602. The first-order valence-corrected chi connectivity index (χ1v) is 6.14. The molecule has 3 rings (SSSR count). The Morgan fingerprint density at radius 1 is 1.16 bits per heavy atom. The van der Waals surface area contributed by atoms with Crippen molar-refractivity contribution in [1.29, 1.82) is 0 Å². The first-order valence-electron chi connectivity index (χ1n) is 6.14. The number of pyridine rings is 1. The molecule has 0 atom stereocenters. The Morgan fingerprint density at radius 2 is 1.95 bits per heavy atom. The molecule has 1 aromatic carbocycles. The van der Waals surface area contributed by atoms with Gasteiger partial charge in [-0.2, -0.15) is 0 Å². The van der Waals surface area contributed by atoms with E-state index in [0.717, 1.165) is 27.8 Å². The quantitative estimate of drug-likeness (QED) is 0.718. The van der Waals surface area contributed by atoms with Crippen molar-refractivity contribution in [2.45, 2.75) is 20.5 Å². The number of rotatable bonds is 3. The zero-order chi connectivity index (χ0) is 13.2. The van der Waals surface area contributed by atoms with Gasteiger partial charge in [0, 0.05) is 0 Å². The number of aryl methyl sites for hydroxylation is 2. The lowest BCUT2D eigenvalue weighted by atomic mass is 10.2. The van der Waals surface area contributed by atoms with Crippen molar-refractivity contribution < 1.29 is 9.26 Å². The highest BCUT2D eigenvalue weighted by atomic mass is 16.5. The Bertz CT molecular complexity index is 705. The molecule has 3 aromatic rings. The smallest absolute Gasteiger partial charge is 0.220 e. The summed E-state index contributed by atoms with van der Waals surface area (Å²) in [4.78, 5) is 4.47. The summed E-state index contributed by atoms with van der Waals surface area (Å²) in [6.07, 6.45) is 1.69. The zero-order valence-electron chi connectivity index (χ0n) is 10.9. The Labute approximate surface area is 111 Å². The van der Waals surface area contributed by atoms with Crippen LogP contribution in [0.4, 0.5) is 0 Å². The SMILES string of the molecule is Cc1nc(OCc2ccccc2)c(C)c2oncc12. The molecule has 4 heteroatoms. The molecule has 4 nitrogen and oxygen atoms in total. The highest BCUT2D eigenvalue weighted by Crippen LogP contribution is 2.27. The van der Waals surface area contributed by atoms with Crippen molar-refractivity contribution in [2.75, 3.05) is 0 Å². The highest BCUT2D eigenvalue weighted by Gasteiger charge is 2.13. The lowest BCUT2D eigenvalue weighted by Gasteiger charge is -2.09. The summed E-state index contributed by atoms with van der Waals surface area (Å²) in [6, 6.07) is 10.0. The van der Waals surface area contributed by atoms with E-state index in [2.05, 4.69) is 10.1 Å². The molecule has 2 aromatic heterocycles. The monoisotopic (exact) mass is 254 g/mol. The van der Waals surface area contributed by atoms with Gasteiger partial charge in [-0.1, -0.05) is 35.5 Å². The molecule has 0 aliphatic heterocycles. The number of hydrogen-bond donors (Lipinski definition) is 0. The average Bonchev–Trinajstić information content (AvgIpc) is 2.92. The van der Waals surface area contributed by atoms with Gasteiger partial charge in [0.15, 0.2) is 5.58 Å². The van der Waals surface area contributed by atoms with Gasteiger partial charge >= 0.3 is 0 Å². The van der Waals surface area contributed by atoms with Gasteiger partial charge in [-0.15, -0.1) is 0 Å². The van der Waals surface area contributed by atoms with Gasteiger partial charge in [0.05, 0.1) is 22.8 Å². The number of ether oxygens (including phenoxy) is 1. The molecule has 0 bridgehead atoms. The standard InChI is InChI=1S/C15H14N2O2/c1-10-14-13(8-16-19-14)11(2)17-15(10)18-9-12-6-4-3-5-7-12/h3-8H,9H2,1-2H3. The second-order valence-electron chi connectivity index (χ2n) is 4.47. The van der Waals surface area contributed by atoms with Gasteiger partial charge < -0.3 is 9.26 Å². The van der Waals surface area contributed by atoms with Gasteiger partial charge in [0.2, 0.25) is 5.88 Å². The summed E-state index contributed by atoms with van der Waals surface area (Å²) in [7, 11) is 0. The second-order valence-corrected chi connectivity index (χ2v) is 4.47. The fraction of sp³-hybridized carbons (Fsp3) is 0.200. The summed E-state index contributed by atoms with van der Waals surface area (Å²) in [5.41, 5.74) is 3.61. The van der Waals surface area contributed by atoms with Crippen molar-refractivity contribution in [1.82, 2.24) is 10.1 Å². The van der Waals surface area contributed by atoms with E-state index in [4.69, 9.17) is 9.26 Å². The molecular weight excluding hydrogens is 240 g/mol. The molecule has 0 amide bonds. The number of hydrogen-bond acceptors (Lipinski definition) is 4. The van der Waals surface area contributed by atoms with Crippen LogP contribution in [-0.4, -0.2) is 10.1 Å².